The lowest BCUT2D eigenvalue weighted by atomic mass is 9.99. The number of esters is 1. The summed E-state index contributed by atoms with van der Waals surface area (Å²) in [7, 11) is -5.04. The largest absolute Gasteiger partial charge is 0.457 e. The smallest absolute Gasteiger partial charge is 0.397 e. The molecule has 1 heterocycles. The second-order valence-corrected chi connectivity index (χ2v) is 15.3. The first-order chi connectivity index (χ1) is 25.1. The first-order valence-electron chi connectivity index (χ1n) is 20.4. The van der Waals surface area contributed by atoms with E-state index in [-0.39, 0.29) is 19.6 Å². The van der Waals surface area contributed by atoms with Gasteiger partial charge in [-0.15, -0.1) is 0 Å². The number of carbonyl (C=O) groups excluding carboxylic acids is 1. The van der Waals surface area contributed by atoms with Crippen LogP contribution in [0.3, 0.4) is 0 Å². The third-order valence-electron chi connectivity index (χ3n) is 9.36. The summed E-state index contributed by atoms with van der Waals surface area (Å²) < 4.78 is 58.0. The van der Waals surface area contributed by atoms with Crippen LogP contribution in [0.4, 0.5) is 0 Å². The number of ether oxygens (including phenoxy) is 4. The summed E-state index contributed by atoms with van der Waals surface area (Å²) in [6, 6.07) is 0. The Kier molecular flexibility index (Phi) is 30.2. The maximum atomic E-state index is 12.2. The van der Waals surface area contributed by atoms with Crippen LogP contribution in [0.25, 0.3) is 0 Å². The molecule has 0 aromatic rings. The number of unbranched alkanes of at least 4 members (excludes halogenated alkanes) is 20. The van der Waals surface area contributed by atoms with Crippen LogP contribution in [0, 0.1) is 0 Å². The lowest BCUT2D eigenvalue weighted by molar-refractivity contribution is -0.301. The number of carbonyl (C=O) groups is 1. The minimum Gasteiger partial charge on any atom is -0.457 e. The Hall–Kier alpha value is -1.16. The lowest BCUT2D eigenvalue weighted by Crippen LogP contribution is -2.60. The fourth-order valence-corrected chi connectivity index (χ4v) is 6.80. The fourth-order valence-electron chi connectivity index (χ4n) is 6.29. The quantitative estimate of drug-likeness (QED) is 0.0216. The molecule has 0 saturated carbocycles. The predicted molar refractivity (Wildman–Crippen MR) is 202 cm³/mol. The molecular weight excluding hydrogens is 692 g/mol. The van der Waals surface area contributed by atoms with Crippen LogP contribution in [-0.2, 0) is 38.3 Å². The van der Waals surface area contributed by atoms with Gasteiger partial charge in [0.15, 0.2) is 6.29 Å². The van der Waals surface area contributed by atoms with Gasteiger partial charge in [0.2, 0.25) is 0 Å². The molecule has 308 valence electrons. The molecule has 1 rings (SSSR count). The topological polar surface area (TPSA) is 178 Å². The highest BCUT2D eigenvalue weighted by atomic mass is 32.3. The normalized spacial score (nSPS) is 21.5. The van der Waals surface area contributed by atoms with Crippen molar-refractivity contribution in [3.05, 3.63) is 12.2 Å². The number of aliphatic hydroxyl groups is 3. The van der Waals surface area contributed by atoms with Gasteiger partial charge >= 0.3 is 16.4 Å². The van der Waals surface area contributed by atoms with E-state index >= 15 is 0 Å². The number of allylic oxidation sites excluding steroid dienone is 2. The third kappa shape index (κ3) is 25.8. The van der Waals surface area contributed by atoms with E-state index in [0.717, 1.165) is 19.3 Å². The maximum Gasteiger partial charge on any atom is 0.397 e. The molecule has 1 fully saturated rings. The highest BCUT2D eigenvalue weighted by Gasteiger charge is 2.48. The van der Waals surface area contributed by atoms with Gasteiger partial charge in [-0.25, -0.2) is 4.18 Å². The molecule has 12 nitrogen and oxygen atoms in total. The summed E-state index contributed by atoms with van der Waals surface area (Å²) in [5.41, 5.74) is 0. The van der Waals surface area contributed by atoms with Gasteiger partial charge in [-0.2, -0.15) is 8.42 Å². The summed E-state index contributed by atoms with van der Waals surface area (Å²) in [6.45, 7) is 3.60. The Morgan fingerprint density at radius 2 is 1.21 bits per heavy atom. The lowest BCUT2D eigenvalue weighted by Gasteiger charge is -2.41. The molecule has 1 saturated heterocycles. The van der Waals surface area contributed by atoms with E-state index in [4.69, 9.17) is 23.5 Å². The second-order valence-electron chi connectivity index (χ2n) is 14.2. The predicted octanol–water partition coefficient (Wildman–Crippen LogP) is 7.52. The molecule has 4 N–H and O–H groups in total. The van der Waals surface area contributed by atoms with Crippen LogP contribution in [0.1, 0.15) is 168 Å². The summed E-state index contributed by atoms with van der Waals surface area (Å²) in [4.78, 5) is 12.2. The van der Waals surface area contributed by atoms with Crippen LogP contribution in [-0.4, -0.2) is 97.5 Å². The van der Waals surface area contributed by atoms with Crippen molar-refractivity contribution in [1.82, 2.24) is 0 Å². The molecule has 0 aliphatic carbocycles. The molecule has 0 bridgehead atoms. The van der Waals surface area contributed by atoms with Crippen LogP contribution in [0.2, 0.25) is 0 Å². The first-order valence-corrected chi connectivity index (χ1v) is 21.8. The Balaban J connectivity index is 2.11. The summed E-state index contributed by atoms with van der Waals surface area (Å²) in [5, 5.41) is 30.2. The molecule has 6 atom stereocenters. The van der Waals surface area contributed by atoms with E-state index in [9.17, 15) is 28.5 Å². The number of hydrogen-bond acceptors (Lipinski definition) is 11. The number of aliphatic hydroxyl groups excluding tert-OH is 3. The molecule has 0 radical (unpaired) electrons. The Morgan fingerprint density at radius 3 is 1.69 bits per heavy atom. The van der Waals surface area contributed by atoms with Crippen molar-refractivity contribution < 1.29 is 56.2 Å². The van der Waals surface area contributed by atoms with Crippen molar-refractivity contribution in [3.8, 4) is 0 Å². The zero-order chi connectivity index (χ0) is 38.3. The van der Waals surface area contributed by atoms with Gasteiger partial charge in [0.1, 0.15) is 30.5 Å². The molecule has 13 heteroatoms. The van der Waals surface area contributed by atoms with Crippen molar-refractivity contribution in [2.75, 3.05) is 26.4 Å². The molecule has 0 spiro atoms. The van der Waals surface area contributed by atoms with Gasteiger partial charge < -0.3 is 34.3 Å². The van der Waals surface area contributed by atoms with Crippen LogP contribution in [0.5, 0.6) is 0 Å². The van der Waals surface area contributed by atoms with E-state index in [1.807, 2.05) is 6.92 Å². The molecule has 52 heavy (non-hydrogen) atoms. The Morgan fingerprint density at radius 1 is 0.712 bits per heavy atom. The summed E-state index contributed by atoms with van der Waals surface area (Å²) in [6.07, 6.45) is 24.6. The van der Waals surface area contributed by atoms with Crippen molar-refractivity contribution >= 4 is 16.4 Å². The third-order valence-corrected chi connectivity index (χ3v) is 9.82. The van der Waals surface area contributed by atoms with E-state index in [0.29, 0.717) is 13.0 Å². The van der Waals surface area contributed by atoms with Gasteiger partial charge in [-0.3, -0.25) is 9.35 Å². The van der Waals surface area contributed by atoms with Crippen LogP contribution >= 0.6 is 0 Å². The van der Waals surface area contributed by atoms with Crippen molar-refractivity contribution in [2.45, 2.75) is 205 Å². The van der Waals surface area contributed by atoms with Gasteiger partial charge in [0, 0.05) is 13.0 Å². The van der Waals surface area contributed by atoms with Crippen molar-refractivity contribution in [1.29, 1.82) is 0 Å². The first kappa shape index (κ1) is 48.9. The maximum absolute atomic E-state index is 12.2. The van der Waals surface area contributed by atoms with E-state index in [1.54, 1.807) is 0 Å². The van der Waals surface area contributed by atoms with Gasteiger partial charge in [-0.1, -0.05) is 135 Å². The van der Waals surface area contributed by atoms with Crippen LogP contribution < -0.4 is 0 Å². The van der Waals surface area contributed by atoms with Crippen molar-refractivity contribution in [2.24, 2.45) is 0 Å². The number of hydrogen-bond donors (Lipinski definition) is 4. The van der Waals surface area contributed by atoms with E-state index in [1.165, 1.54) is 122 Å². The average molecular weight is 767 g/mol. The Labute approximate surface area is 315 Å². The SMILES string of the molecule is CCCCCCCCCC/C=C\CCCCCCCCCCCCCCOCC(COC1OC(CO)C(O)C(OS(=O)(=O)O)C1O)OC(=O)CCC. The zero-order valence-electron chi connectivity index (χ0n) is 32.4. The number of rotatable bonds is 35. The molecule has 0 aromatic heterocycles. The average Bonchev–Trinajstić information content (AvgIpc) is 3.10. The molecule has 1 aliphatic rings. The van der Waals surface area contributed by atoms with E-state index in [2.05, 4.69) is 23.3 Å². The molecular formula is C39H74O12S. The van der Waals surface area contributed by atoms with Crippen LogP contribution in [0.15, 0.2) is 12.2 Å². The van der Waals surface area contributed by atoms with Gasteiger partial charge in [0.25, 0.3) is 0 Å². The minimum atomic E-state index is -5.04. The Bertz CT molecular complexity index is 978. The molecule has 0 amide bonds. The zero-order valence-corrected chi connectivity index (χ0v) is 33.2. The minimum absolute atomic E-state index is 0.0331. The molecule has 6 unspecified atom stereocenters. The summed E-state index contributed by atoms with van der Waals surface area (Å²) >= 11 is 0. The van der Waals surface area contributed by atoms with Crippen molar-refractivity contribution in [3.63, 3.8) is 0 Å². The molecule has 0 aromatic carbocycles. The highest BCUT2D eigenvalue weighted by Crippen LogP contribution is 2.26. The van der Waals surface area contributed by atoms with Gasteiger partial charge in [-0.05, 0) is 38.5 Å². The standard InChI is InChI=1S/C39H74O12S/c1-3-5-6-7-8-9-10-11-12-13-14-15-16-17-18-19-20-21-22-23-24-25-26-27-29-47-31-33(49-35(41)28-4-2)32-48-39-37(43)38(51-52(44,45)46)36(42)34(30-40)50-39/h13-14,33-34,36-40,42-43H,3-12,15-32H2,1-2H3,(H,44,45,46)/b14-13-. The van der Waals surface area contributed by atoms with Gasteiger partial charge in [0.05, 0.1) is 19.8 Å². The highest BCUT2D eigenvalue weighted by molar-refractivity contribution is 7.80. The molecule has 1 aliphatic heterocycles. The fraction of sp³-hybridized carbons (Fsp3) is 0.923. The monoisotopic (exact) mass is 766 g/mol. The summed E-state index contributed by atoms with van der Waals surface area (Å²) in [5.74, 6) is -0.451. The van der Waals surface area contributed by atoms with E-state index < -0.39 is 59.8 Å². The second kappa shape index (κ2) is 32.1.